The van der Waals surface area contributed by atoms with E-state index in [2.05, 4.69) is 33.0 Å². The second kappa shape index (κ2) is 5.43. The van der Waals surface area contributed by atoms with Crippen LogP contribution in [0.2, 0.25) is 0 Å². The first-order valence-corrected chi connectivity index (χ1v) is 8.26. The number of amides is 1. The Kier molecular flexibility index (Phi) is 3.41. The number of fused-ring (bicyclic) bond motifs is 4. The van der Waals surface area contributed by atoms with Crippen molar-refractivity contribution in [3.63, 3.8) is 0 Å². The highest BCUT2D eigenvalue weighted by Gasteiger charge is 2.34. The largest absolute Gasteiger partial charge is 0.351 e. The highest BCUT2D eigenvalue weighted by Crippen LogP contribution is 2.27. The summed E-state index contributed by atoms with van der Waals surface area (Å²) < 4.78 is 2.13. The van der Waals surface area contributed by atoms with Crippen molar-refractivity contribution in [2.24, 2.45) is 13.0 Å². The molecule has 116 valence electrons. The second-order valence-electron chi connectivity index (χ2n) is 6.74. The van der Waals surface area contributed by atoms with Crippen LogP contribution in [0.15, 0.2) is 30.3 Å². The van der Waals surface area contributed by atoms with Crippen molar-refractivity contribution in [3.8, 4) is 0 Å². The van der Waals surface area contributed by atoms with Gasteiger partial charge < -0.3 is 14.8 Å². The zero-order valence-corrected chi connectivity index (χ0v) is 13.1. The van der Waals surface area contributed by atoms with Crippen LogP contribution in [0.4, 0.5) is 0 Å². The predicted octanol–water partition coefficient (Wildman–Crippen LogP) is 1.93. The molecule has 4 heteroatoms. The summed E-state index contributed by atoms with van der Waals surface area (Å²) in [5.41, 5.74) is 2.27. The van der Waals surface area contributed by atoms with Gasteiger partial charge in [-0.3, -0.25) is 4.79 Å². The first kappa shape index (κ1) is 13.8. The van der Waals surface area contributed by atoms with Gasteiger partial charge in [0.1, 0.15) is 0 Å². The Morgan fingerprint density at radius 3 is 2.73 bits per heavy atom. The van der Waals surface area contributed by atoms with Crippen molar-refractivity contribution < 1.29 is 4.79 Å². The third-order valence-electron chi connectivity index (χ3n) is 5.40. The minimum atomic E-state index is 0.157. The molecule has 3 aliphatic rings. The molecule has 1 amide bonds. The molecule has 4 heterocycles. The lowest BCUT2D eigenvalue weighted by Gasteiger charge is -2.44. The van der Waals surface area contributed by atoms with Crippen LogP contribution < -0.4 is 5.32 Å². The minimum absolute atomic E-state index is 0.157. The lowest BCUT2D eigenvalue weighted by molar-refractivity contribution is -0.122. The van der Waals surface area contributed by atoms with Gasteiger partial charge in [0.05, 0.1) is 6.42 Å². The number of aromatic nitrogens is 1. The first-order chi connectivity index (χ1) is 10.7. The van der Waals surface area contributed by atoms with E-state index in [1.165, 1.54) is 36.8 Å². The van der Waals surface area contributed by atoms with Crippen LogP contribution in [0.25, 0.3) is 10.9 Å². The third-order valence-corrected chi connectivity index (χ3v) is 5.40. The Hall–Kier alpha value is -1.81. The number of rotatable bonds is 3. The smallest absolute Gasteiger partial charge is 0.226 e. The summed E-state index contributed by atoms with van der Waals surface area (Å²) in [7, 11) is 2.04. The van der Waals surface area contributed by atoms with Gasteiger partial charge in [-0.1, -0.05) is 18.2 Å². The number of piperidine rings is 3. The Bertz CT molecular complexity index is 697. The quantitative estimate of drug-likeness (QED) is 0.940. The number of hydrogen-bond donors (Lipinski definition) is 1. The Morgan fingerprint density at radius 1 is 1.27 bits per heavy atom. The Labute approximate surface area is 131 Å². The van der Waals surface area contributed by atoms with Crippen LogP contribution in [-0.2, 0) is 18.3 Å². The first-order valence-electron chi connectivity index (χ1n) is 8.26. The van der Waals surface area contributed by atoms with Crippen molar-refractivity contribution in [2.75, 3.05) is 19.6 Å². The molecule has 1 aromatic carbocycles. The summed E-state index contributed by atoms with van der Waals surface area (Å²) in [6.07, 6.45) is 2.94. The van der Waals surface area contributed by atoms with Crippen LogP contribution in [0.5, 0.6) is 0 Å². The molecule has 1 unspecified atom stereocenters. The molecular formula is C18H23N3O. The normalized spacial score (nSPS) is 27.2. The molecule has 3 aliphatic heterocycles. The van der Waals surface area contributed by atoms with Gasteiger partial charge in [0.2, 0.25) is 5.91 Å². The number of carbonyl (C=O) groups excluding carboxylic acids is 1. The SMILES string of the molecule is Cn1c(CC(=O)NC2CN3CCC2CC3)cc2ccccc21. The molecule has 2 bridgehead atoms. The van der Waals surface area contributed by atoms with Crippen LogP contribution in [0, 0.1) is 5.92 Å². The van der Waals surface area contributed by atoms with Crippen LogP contribution in [0.3, 0.4) is 0 Å². The molecular weight excluding hydrogens is 274 g/mol. The fourth-order valence-corrected chi connectivity index (χ4v) is 4.07. The zero-order chi connectivity index (χ0) is 15.1. The van der Waals surface area contributed by atoms with E-state index in [9.17, 15) is 4.79 Å². The molecule has 5 rings (SSSR count). The van der Waals surface area contributed by atoms with Gasteiger partial charge in [-0.25, -0.2) is 0 Å². The maximum Gasteiger partial charge on any atom is 0.226 e. The van der Waals surface area contributed by atoms with E-state index in [0.717, 1.165) is 12.2 Å². The number of aryl methyl sites for hydroxylation is 1. The molecule has 4 nitrogen and oxygen atoms in total. The monoisotopic (exact) mass is 297 g/mol. The van der Waals surface area contributed by atoms with Crippen molar-refractivity contribution in [1.29, 1.82) is 0 Å². The molecule has 22 heavy (non-hydrogen) atoms. The molecule has 3 fully saturated rings. The van der Waals surface area contributed by atoms with Gasteiger partial charge in [0.25, 0.3) is 0 Å². The fourth-order valence-electron chi connectivity index (χ4n) is 4.07. The Morgan fingerprint density at radius 2 is 2.05 bits per heavy atom. The zero-order valence-electron chi connectivity index (χ0n) is 13.1. The van der Waals surface area contributed by atoms with Gasteiger partial charge >= 0.3 is 0 Å². The standard InChI is InChI=1S/C18H23N3O/c1-20-15(10-14-4-2-3-5-17(14)20)11-18(22)19-16-12-21-8-6-13(16)7-9-21/h2-5,10,13,16H,6-9,11-12H2,1H3,(H,19,22). The van der Waals surface area contributed by atoms with E-state index in [1.54, 1.807) is 0 Å². The number of nitrogens with zero attached hydrogens (tertiary/aromatic N) is 2. The van der Waals surface area contributed by atoms with Crippen molar-refractivity contribution in [1.82, 2.24) is 14.8 Å². The highest BCUT2D eigenvalue weighted by molar-refractivity contribution is 5.84. The van der Waals surface area contributed by atoms with Crippen molar-refractivity contribution >= 4 is 16.8 Å². The molecule has 0 aliphatic carbocycles. The maximum atomic E-state index is 12.4. The van der Waals surface area contributed by atoms with Crippen molar-refractivity contribution in [2.45, 2.75) is 25.3 Å². The van der Waals surface area contributed by atoms with Gasteiger partial charge in [0, 0.05) is 30.8 Å². The molecule has 0 saturated carbocycles. The molecule has 0 spiro atoms. The van der Waals surface area contributed by atoms with E-state index in [0.29, 0.717) is 18.4 Å². The molecule has 0 radical (unpaired) electrons. The molecule has 1 aromatic heterocycles. The molecule has 3 saturated heterocycles. The topological polar surface area (TPSA) is 37.3 Å². The van der Waals surface area contributed by atoms with E-state index in [4.69, 9.17) is 0 Å². The summed E-state index contributed by atoms with van der Waals surface area (Å²) in [6.45, 7) is 3.45. The average molecular weight is 297 g/mol. The minimum Gasteiger partial charge on any atom is -0.351 e. The van der Waals surface area contributed by atoms with Gasteiger partial charge in [-0.2, -0.15) is 0 Å². The summed E-state index contributed by atoms with van der Waals surface area (Å²) >= 11 is 0. The van der Waals surface area contributed by atoms with Crippen LogP contribution >= 0.6 is 0 Å². The predicted molar refractivity (Wildman–Crippen MR) is 87.7 cm³/mol. The molecule has 1 N–H and O–H groups in total. The van der Waals surface area contributed by atoms with E-state index in [1.807, 2.05) is 19.2 Å². The average Bonchev–Trinajstić information content (AvgIpc) is 2.85. The van der Waals surface area contributed by atoms with E-state index >= 15 is 0 Å². The summed E-state index contributed by atoms with van der Waals surface area (Å²) in [6, 6.07) is 10.8. The maximum absolute atomic E-state index is 12.4. The number of para-hydroxylation sites is 1. The van der Waals surface area contributed by atoms with Gasteiger partial charge in [-0.05, 0) is 49.4 Å². The second-order valence-corrected chi connectivity index (χ2v) is 6.74. The van der Waals surface area contributed by atoms with Crippen LogP contribution in [0.1, 0.15) is 18.5 Å². The molecule has 2 aromatic rings. The van der Waals surface area contributed by atoms with E-state index in [-0.39, 0.29) is 5.91 Å². The Balaban J connectivity index is 1.46. The molecule has 1 atom stereocenters. The van der Waals surface area contributed by atoms with Gasteiger partial charge in [0.15, 0.2) is 0 Å². The third kappa shape index (κ3) is 2.41. The fraction of sp³-hybridized carbons (Fsp3) is 0.500. The summed E-state index contributed by atoms with van der Waals surface area (Å²) in [4.78, 5) is 14.9. The lowest BCUT2D eigenvalue weighted by atomic mass is 9.84. The summed E-state index contributed by atoms with van der Waals surface area (Å²) in [5.74, 6) is 0.839. The number of benzene rings is 1. The van der Waals surface area contributed by atoms with E-state index < -0.39 is 0 Å². The lowest BCUT2D eigenvalue weighted by Crippen LogP contribution is -2.57. The van der Waals surface area contributed by atoms with Crippen LogP contribution in [-0.4, -0.2) is 41.1 Å². The van der Waals surface area contributed by atoms with Crippen molar-refractivity contribution in [3.05, 3.63) is 36.0 Å². The summed E-state index contributed by atoms with van der Waals surface area (Å²) in [5, 5.41) is 4.48. The number of nitrogens with one attached hydrogen (secondary N) is 1. The highest BCUT2D eigenvalue weighted by atomic mass is 16.1. The number of carbonyl (C=O) groups is 1. The van der Waals surface area contributed by atoms with Gasteiger partial charge in [-0.15, -0.1) is 0 Å². The number of hydrogen-bond acceptors (Lipinski definition) is 2.